The Morgan fingerprint density at radius 1 is 0.826 bits per heavy atom. The summed E-state index contributed by atoms with van der Waals surface area (Å²) in [6, 6.07) is 0. The lowest BCUT2D eigenvalue weighted by Crippen LogP contribution is -2.02. The number of allylic oxidation sites excluding steroid dienone is 4. The van der Waals surface area contributed by atoms with Crippen LogP contribution in [0.25, 0.3) is 0 Å². The first-order valence-corrected chi connectivity index (χ1v) is 9.92. The molecule has 134 valence electrons. The fourth-order valence-corrected chi connectivity index (χ4v) is 2.57. The van der Waals surface area contributed by atoms with Crippen LogP contribution in [0.1, 0.15) is 84.0 Å². The van der Waals surface area contributed by atoms with Crippen LogP contribution < -0.4 is 0 Å². The van der Waals surface area contributed by atoms with Gasteiger partial charge in [-0.2, -0.15) is 0 Å². The maximum Gasteiger partial charge on any atom is 0.104 e. The second kappa shape index (κ2) is 16.3. The van der Waals surface area contributed by atoms with E-state index in [2.05, 4.69) is 31.2 Å². The molecule has 2 nitrogen and oxygen atoms in total. The van der Waals surface area contributed by atoms with Gasteiger partial charge in [-0.25, -0.2) is 0 Å². The molecule has 0 aromatic heterocycles. The lowest BCUT2D eigenvalue weighted by atomic mass is 10.1. The summed E-state index contributed by atoms with van der Waals surface area (Å²) in [6.07, 6.45) is 25.3. The van der Waals surface area contributed by atoms with Crippen molar-refractivity contribution in [3.05, 3.63) is 24.3 Å². The molecule has 1 atom stereocenters. The summed E-state index contributed by atoms with van der Waals surface area (Å²) >= 11 is 0. The number of hydrogen-bond donors (Lipinski definition) is 0. The van der Waals surface area contributed by atoms with Gasteiger partial charge < -0.3 is 9.47 Å². The number of hydrogen-bond acceptors (Lipinski definition) is 2. The summed E-state index contributed by atoms with van der Waals surface area (Å²) in [4.78, 5) is 0. The van der Waals surface area contributed by atoms with E-state index in [-0.39, 0.29) is 0 Å². The van der Waals surface area contributed by atoms with Crippen molar-refractivity contribution < 1.29 is 9.47 Å². The molecule has 1 unspecified atom stereocenters. The molecule has 0 radical (unpaired) electrons. The first kappa shape index (κ1) is 20.4. The highest BCUT2D eigenvalue weighted by Gasteiger charge is 2.21. The van der Waals surface area contributed by atoms with Crippen molar-refractivity contribution in [2.75, 3.05) is 19.8 Å². The zero-order chi connectivity index (χ0) is 16.4. The number of unbranched alkanes of at least 4 members (excludes halogenated alkanes) is 9. The first-order valence-electron chi connectivity index (χ1n) is 9.92. The van der Waals surface area contributed by atoms with Crippen LogP contribution in [0.5, 0.6) is 0 Å². The quantitative estimate of drug-likeness (QED) is 0.180. The van der Waals surface area contributed by atoms with Crippen LogP contribution >= 0.6 is 0 Å². The molecule has 1 aliphatic rings. The Morgan fingerprint density at radius 2 is 1.43 bits per heavy atom. The molecule has 0 spiro atoms. The van der Waals surface area contributed by atoms with E-state index in [4.69, 9.17) is 9.47 Å². The predicted octanol–water partition coefficient (Wildman–Crippen LogP) is 6.22. The smallest absolute Gasteiger partial charge is 0.104 e. The zero-order valence-corrected chi connectivity index (χ0v) is 15.3. The summed E-state index contributed by atoms with van der Waals surface area (Å²) in [5, 5.41) is 0. The molecular formula is C21H38O2. The summed E-state index contributed by atoms with van der Waals surface area (Å²) < 4.78 is 10.6. The minimum absolute atomic E-state index is 0.416. The third-order valence-corrected chi connectivity index (χ3v) is 4.20. The highest BCUT2D eigenvalue weighted by Crippen LogP contribution is 2.10. The molecule has 1 fully saturated rings. The highest BCUT2D eigenvalue weighted by molar-refractivity contribution is 4.92. The normalized spacial score (nSPS) is 17.5. The second-order valence-corrected chi connectivity index (χ2v) is 6.61. The lowest BCUT2D eigenvalue weighted by Gasteiger charge is -2.02. The fourth-order valence-electron chi connectivity index (χ4n) is 2.57. The minimum atomic E-state index is 0.416. The molecule has 0 aromatic carbocycles. The highest BCUT2D eigenvalue weighted by atomic mass is 16.6. The van der Waals surface area contributed by atoms with Gasteiger partial charge >= 0.3 is 0 Å². The summed E-state index contributed by atoms with van der Waals surface area (Å²) in [7, 11) is 0. The molecule has 0 bridgehead atoms. The van der Waals surface area contributed by atoms with Crippen molar-refractivity contribution in [1.29, 1.82) is 0 Å². The third-order valence-electron chi connectivity index (χ3n) is 4.20. The summed E-state index contributed by atoms with van der Waals surface area (Å²) in [5.41, 5.74) is 0. The van der Waals surface area contributed by atoms with E-state index in [9.17, 15) is 0 Å². The van der Waals surface area contributed by atoms with Gasteiger partial charge in [0, 0.05) is 6.61 Å². The molecule has 0 aliphatic carbocycles. The molecule has 0 N–H and O–H groups in total. The van der Waals surface area contributed by atoms with Crippen molar-refractivity contribution in [1.82, 2.24) is 0 Å². The van der Waals surface area contributed by atoms with Gasteiger partial charge in [0.05, 0.1) is 13.2 Å². The molecule has 0 amide bonds. The zero-order valence-electron chi connectivity index (χ0n) is 15.3. The van der Waals surface area contributed by atoms with Gasteiger partial charge in [-0.15, -0.1) is 0 Å². The van der Waals surface area contributed by atoms with Crippen LogP contribution in [0.2, 0.25) is 0 Å². The third kappa shape index (κ3) is 16.1. The SMILES string of the molecule is CCCCCC=CCC=CCCCCCCCCOCC1CO1. The molecule has 2 heteroatoms. The van der Waals surface area contributed by atoms with E-state index in [0.717, 1.165) is 26.2 Å². The molecule has 1 rings (SSSR count). The maximum atomic E-state index is 5.54. The molecule has 23 heavy (non-hydrogen) atoms. The fraction of sp³-hybridized carbons (Fsp3) is 0.810. The average Bonchev–Trinajstić information content (AvgIpc) is 3.38. The largest absolute Gasteiger partial charge is 0.379 e. The Labute approximate surface area is 144 Å². The standard InChI is InChI=1S/C21H38O2/c1-2-3-4-5-6-7-8-9-10-11-12-13-14-15-16-17-18-22-19-21-20-23-21/h6-7,9-10,21H,2-5,8,11-20H2,1H3. The van der Waals surface area contributed by atoms with Crippen LogP contribution in [0.3, 0.4) is 0 Å². The van der Waals surface area contributed by atoms with Crippen LogP contribution in [-0.4, -0.2) is 25.9 Å². The lowest BCUT2D eigenvalue weighted by molar-refractivity contribution is 0.113. The van der Waals surface area contributed by atoms with Gasteiger partial charge in [0.15, 0.2) is 0 Å². The van der Waals surface area contributed by atoms with E-state index in [0.29, 0.717) is 6.10 Å². The van der Waals surface area contributed by atoms with E-state index in [1.54, 1.807) is 0 Å². The Bertz CT molecular complexity index is 292. The maximum absolute atomic E-state index is 5.54. The predicted molar refractivity (Wildman–Crippen MR) is 99.9 cm³/mol. The second-order valence-electron chi connectivity index (χ2n) is 6.61. The average molecular weight is 323 g/mol. The van der Waals surface area contributed by atoms with E-state index in [1.165, 1.54) is 70.6 Å². The molecular weight excluding hydrogens is 284 g/mol. The molecule has 0 saturated carbocycles. The number of rotatable bonds is 17. The van der Waals surface area contributed by atoms with Gasteiger partial charge in [0.25, 0.3) is 0 Å². The molecule has 1 saturated heterocycles. The Balaban J connectivity index is 1.69. The number of ether oxygens (including phenoxy) is 2. The number of epoxide rings is 1. The molecule has 1 heterocycles. The van der Waals surface area contributed by atoms with E-state index in [1.807, 2.05) is 0 Å². The van der Waals surface area contributed by atoms with Crippen LogP contribution in [0.4, 0.5) is 0 Å². The van der Waals surface area contributed by atoms with Gasteiger partial charge in [-0.3, -0.25) is 0 Å². The van der Waals surface area contributed by atoms with Crippen molar-refractivity contribution in [2.24, 2.45) is 0 Å². The van der Waals surface area contributed by atoms with Crippen LogP contribution in [-0.2, 0) is 9.47 Å². The van der Waals surface area contributed by atoms with Gasteiger partial charge in [0.1, 0.15) is 6.10 Å². The van der Waals surface area contributed by atoms with Gasteiger partial charge in [0.2, 0.25) is 0 Å². The summed E-state index contributed by atoms with van der Waals surface area (Å²) in [6.45, 7) is 4.88. The molecule has 1 aliphatic heterocycles. The monoisotopic (exact) mass is 322 g/mol. The Kier molecular flexibility index (Phi) is 14.5. The van der Waals surface area contributed by atoms with Crippen molar-refractivity contribution in [2.45, 2.75) is 90.1 Å². The van der Waals surface area contributed by atoms with Gasteiger partial charge in [-0.1, -0.05) is 69.8 Å². The van der Waals surface area contributed by atoms with Crippen LogP contribution in [0, 0.1) is 0 Å². The van der Waals surface area contributed by atoms with Crippen molar-refractivity contribution >= 4 is 0 Å². The van der Waals surface area contributed by atoms with Gasteiger partial charge in [-0.05, 0) is 38.5 Å². The van der Waals surface area contributed by atoms with E-state index < -0.39 is 0 Å². The topological polar surface area (TPSA) is 21.8 Å². The van der Waals surface area contributed by atoms with Crippen molar-refractivity contribution in [3.8, 4) is 0 Å². The Morgan fingerprint density at radius 3 is 2.09 bits per heavy atom. The van der Waals surface area contributed by atoms with E-state index >= 15 is 0 Å². The van der Waals surface area contributed by atoms with Crippen molar-refractivity contribution in [3.63, 3.8) is 0 Å². The van der Waals surface area contributed by atoms with Crippen LogP contribution in [0.15, 0.2) is 24.3 Å². The first-order chi connectivity index (χ1) is 11.4. The Hall–Kier alpha value is -0.600. The minimum Gasteiger partial charge on any atom is -0.379 e. The molecule has 0 aromatic rings. The summed E-state index contributed by atoms with van der Waals surface area (Å²) in [5.74, 6) is 0.